The van der Waals surface area contributed by atoms with Crippen molar-refractivity contribution in [2.45, 2.75) is 44.2 Å². The maximum absolute atomic E-state index is 12.8. The van der Waals surface area contributed by atoms with E-state index in [2.05, 4.69) is 4.98 Å². The third kappa shape index (κ3) is 4.65. The van der Waals surface area contributed by atoms with E-state index in [4.69, 9.17) is 0 Å². The van der Waals surface area contributed by atoms with Gasteiger partial charge in [0, 0.05) is 40.5 Å². The fourth-order valence-electron chi connectivity index (χ4n) is 3.64. The smallest absolute Gasteiger partial charge is 0.242 e. The van der Waals surface area contributed by atoms with E-state index in [0.717, 1.165) is 16.9 Å². The molecular weight excluding hydrogens is 412 g/mol. The largest absolute Gasteiger partial charge is 0.339 e. The van der Waals surface area contributed by atoms with E-state index < -0.39 is 10.0 Å². The van der Waals surface area contributed by atoms with Crippen LogP contribution in [0.25, 0.3) is 11.0 Å². The summed E-state index contributed by atoms with van der Waals surface area (Å²) in [5.74, 6) is 0.827. The van der Waals surface area contributed by atoms with E-state index in [0.29, 0.717) is 24.9 Å². The number of fused-ring (bicyclic) bond motifs is 1. The number of benzene rings is 2. The summed E-state index contributed by atoms with van der Waals surface area (Å²) >= 11 is 0. The molecule has 2 aromatic carbocycles. The molecule has 0 fully saturated rings. The van der Waals surface area contributed by atoms with Crippen molar-refractivity contribution in [3.8, 4) is 0 Å². The number of rotatable bonds is 8. The van der Waals surface area contributed by atoms with E-state index in [-0.39, 0.29) is 16.8 Å². The molecule has 8 heteroatoms. The Morgan fingerprint density at radius 3 is 2.39 bits per heavy atom. The van der Waals surface area contributed by atoms with Gasteiger partial charge in [0.15, 0.2) is 0 Å². The molecule has 1 heterocycles. The lowest BCUT2D eigenvalue weighted by molar-refractivity contribution is -0.131. The first-order valence-corrected chi connectivity index (χ1v) is 11.8. The second-order valence-corrected chi connectivity index (χ2v) is 9.95. The van der Waals surface area contributed by atoms with Gasteiger partial charge in [-0.05, 0) is 37.6 Å². The van der Waals surface area contributed by atoms with Crippen LogP contribution in [0.5, 0.6) is 0 Å². The molecule has 0 N–H and O–H groups in total. The number of aromatic nitrogens is 2. The Hall–Kier alpha value is -2.71. The predicted molar refractivity (Wildman–Crippen MR) is 122 cm³/mol. The number of hydrogen-bond donors (Lipinski definition) is 0. The van der Waals surface area contributed by atoms with Crippen LogP contribution in [0.1, 0.15) is 37.7 Å². The molecule has 1 atom stereocenters. The Morgan fingerprint density at radius 1 is 1.10 bits per heavy atom. The van der Waals surface area contributed by atoms with Crippen LogP contribution in [0.15, 0.2) is 53.4 Å². The molecule has 1 amide bonds. The molecule has 1 unspecified atom stereocenters. The Kier molecular flexibility index (Phi) is 6.81. The van der Waals surface area contributed by atoms with Gasteiger partial charge in [0.05, 0.1) is 22.0 Å². The number of amides is 1. The zero-order valence-corrected chi connectivity index (χ0v) is 19.6. The highest BCUT2D eigenvalue weighted by Gasteiger charge is 2.21. The van der Waals surface area contributed by atoms with Crippen LogP contribution in [-0.2, 0) is 27.8 Å². The summed E-state index contributed by atoms with van der Waals surface area (Å²) in [6.07, 6.45) is 0.822. The van der Waals surface area contributed by atoms with Gasteiger partial charge in [0.2, 0.25) is 15.9 Å². The Bertz CT molecular complexity index is 1170. The molecule has 0 saturated carbocycles. The third-order valence-corrected chi connectivity index (χ3v) is 7.52. The highest BCUT2D eigenvalue weighted by atomic mass is 32.2. The first-order valence-electron chi connectivity index (χ1n) is 10.4. The van der Waals surface area contributed by atoms with Crippen LogP contribution in [0.2, 0.25) is 0 Å². The molecule has 0 radical (unpaired) electrons. The summed E-state index contributed by atoms with van der Waals surface area (Å²) in [6.45, 7) is 4.72. The highest BCUT2D eigenvalue weighted by molar-refractivity contribution is 7.89. The van der Waals surface area contributed by atoms with Crippen molar-refractivity contribution >= 4 is 27.0 Å². The van der Waals surface area contributed by atoms with E-state index in [9.17, 15) is 13.2 Å². The summed E-state index contributed by atoms with van der Waals surface area (Å²) in [5.41, 5.74) is 2.58. The monoisotopic (exact) mass is 442 g/mol. The van der Waals surface area contributed by atoms with Gasteiger partial charge in [0.1, 0.15) is 5.82 Å². The van der Waals surface area contributed by atoms with Crippen LogP contribution in [-0.4, -0.2) is 54.2 Å². The molecular formula is C23H30N4O3S. The molecule has 0 spiro atoms. The van der Waals surface area contributed by atoms with Crippen molar-refractivity contribution in [2.24, 2.45) is 0 Å². The van der Waals surface area contributed by atoms with Crippen LogP contribution in [0.3, 0.4) is 0 Å². The van der Waals surface area contributed by atoms with Crippen molar-refractivity contribution in [3.05, 3.63) is 59.9 Å². The highest BCUT2D eigenvalue weighted by Crippen LogP contribution is 2.24. The SMILES string of the molecule is CCn1c(CCC(=O)N(C)C(C)c2ccccc2)nc2cc(S(=O)(=O)N(C)C)ccc21. The first-order chi connectivity index (χ1) is 14.7. The zero-order valence-electron chi connectivity index (χ0n) is 18.7. The molecule has 3 rings (SSSR count). The Labute approximate surface area is 184 Å². The molecule has 0 aliphatic carbocycles. The van der Waals surface area contributed by atoms with E-state index >= 15 is 0 Å². The summed E-state index contributed by atoms with van der Waals surface area (Å²) in [7, 11) is 1.31. The second-order valence-electron chi connectivity index (χ2n) is 7.80. The molecule has 1 aromatic heterocycles. The topological polar surface area (TPSA) is 75.5 Å². The lowest BCUT2D eigenvalue weighted by atomic mass is 10.1. The van der Waals surface area contributed by atoms with Gasteiger partial charge in [-0.3, -0.25) is 4.79 Å². The number of imidazole rings is 1. The van der Waals surface area contributed by atoms with Gasteiger partial charge in [-0.2, -0.15) is 0 Å². The normalized spacial score (nSPS) is 13.0. The number of carbonyl (C=O) groups is 1. The van der Waals surface area contributed by atoms with Crippen LogP contribution in [0, 0.1) is 0 Å². The summed E-state index contributed by atoms with van der Waals surface area (Å²) < 4.78 is 28.1. The fourth-order valence-corrected chi connectivity index (χ4v) is 4.56. The van der Waals surface area contributed by atoms with Crippen molar-refractivity contribution in [2.75, 3.05) is 21.1 Å². The minimum atomic E-state index is -3.53. The molecule has 7 nitrogen and oxygen atoms in total. The lowest BCUT2D eigenvalue weighted by Crippen LogP contribution is -2.30. The van der Waals surface area contributed by atoms with E-state index in [1.165, 1.54) is 18.4 Å². The number of nitrogens with zero attached hydrogens (tertiary/aromatic N) is 4. The number of sulfonamides is 1. The maximum atomic E-state index is 12.8. The van der Waals surface area contributed by atoms with Gasteiger partial charge in [0.25, 0.3) is 0 Å². The second kappa shape index (κ2) is 9.20. The molecule has 166 valence electrons. The van der Waals surface area contributed by atoms with Gasteiger partial charge in [-0.1, -0.05) is 30.3 Å². The van der Waals surface area contributed by atoms with Crippen molar-refractivity contribution in [1.29, 1.82) is 0 Å². The van der Waals surface area contributed by atoms with Crippen LogP contribution >= 0.6 is 0 Å². The molecule has 0 aliphatic rings. The fraction of sp³-hybridized carbons (Fsp3) is 0.391. The quantitative estimate of drug-likeness (QED) is 0.535. The van der Waals surface area contributed by atoms with Gasteiger partial charge >= 0.3 is 0 Å². The van der Waals surface area contributed by atoms with E-state index in [1.54, 1.807) is 23.1 Å². The van der Waals surface area contributed by atoms with Crippen LogP contribution < -0.4 is 0 Å². The number of carbonyl (C=O) groups excluding carboxylic acids is 1. The van der Waals surface area contributed by atoms with Crippen molar-refractivity contribution in [3.63, 3.8) is 0 Å². The number of hydrogen-bond acceptors (Lipinski definition) is 4. The zero-order chi connectivity index (χ0) is 22.8. The summed E-state index contributed by atoms with van der Waals surface area (Å²) in [4.78, 5) is 19.4. The van der Waals surface area contributed by atoms with Crippen molar-refractivity contribution in [1.82, 2.24) is 18.8 Å². The van der Waals surface area contributed by atoms with Gasteiger partial charge in [-0.15, -0.1) is 0 Å². The maximum Gasteiger partial charge on any atom is 0.242 e. The van der Waals surface area contributed by atoms with Crippen LogP contribution in [0.4, 0.5) is 0 Å². The molecule has 0 aliphatic heterocycles. The minimum Gasteiger partial charge on any atom is -0.339 e. The predicted octanol–water partition coefficient (Wildman–Crippen LogP) is 3.46. The Balaban J connectivity index is 1.80. The number of aryl methyl sites for hydroxylation is 2. The van der Waals surface area contributed by atoms with Gasteiger partial charge in [-0.25, -0.2) is 17.7 Å². The third-order valence-electron chi connectivity index (χ3n) is 5.71. The molecule has 0 saturated heterocycles. The standard InChI is InChI=1S/C23H30N4O3S/c1-6-27-21-13-12-19(31(29,30)25(3)4)16-20(21)24-22(27)14-15-23(28)26(5)17(2)18-10-8-7-9-11-18/h7-13,16-17H,6,14-15H2,1-5H3. The van der Waals surface area contributed by atoms with Crippen molar-refractivity contribution < 1.29 is 13.2 Å². The molecule has 3 aromatic rings. The Morgan fingerprint density at radius 2 is 1.77 bits per heavy atom. The molecule has 0 bridgehead atoms. The lowest BCUT2D eigenvalue weighted by Gasteiger charge is -2.25. The first kappa shape index (κ1) is 23.0. The minimum absolute atomic E-state index is 0.0162. The summed E-state index contributed by atoms with van der Waals surface area (Å²) in [6, 6.07) is 14.9. The average Bonchev–Trinajstić information content (AvgIpc) is 3.13. The average molecular weight is 443 g/mol. The summed E-state index contributed by atoms with van der Waals surface area (Å²) in [5, 5.41) is 0. The van der Waals surface area contributed by atoms with E-state index in [1.807, 2.05) is 55.8 Å². The van der Waals surface area contributed by atoms with Gasteiger partial charge < -0.3 is 9.47 Å². The molecule has 31 heavy (non-hydrogen) atoms.